The van der Waals surface area contributed by atoms with E-state index in [1.807, 2.05) is 31.2 Å². The number of hydrogen-bond donors (Lipinski definition) is 0. The molecular formula is C15H19NO4. The summed E-state index contributed by atoms with van der Waals surface area (Å²) >= 11 is 0. The number of carbonyl (C=O) groups is 2. The van der Waals surface area contributed by atoms with Crippen molar-refractivity contribution in [1.29, 1.82) is 0 Å². The zero-order chi connectivity index (χ0) is 14.5. The van der Waals surface area contributed by atoms with Crippen LogP contribution in [0.25, 0.3) is 0 Å². The van der Waals surface area contributed by atoms with Crippen LogP contribution in [0.1, 0.15) is 24.8 Å². The monoisotopic (exact) mass is 277 g/mol. The highest BCUT2D eigenvalue weighted by Crippen LogP contribution is 2.34. The van der Waals surface area contributed by atoms with E-state index in [0.29, 0.717) is 19.7 Å². The highest BCUT2D eigenvalue weighted by Gasteiger charge is 2.32. The number of nitrogens with zero attached hydrogens (tertiary/aromatic N) is 1. The maximum atomic E-state index is 12.5. The molecule has 1 atom stereocenters. The van der Waals surface area contributed by atoms with Crippen LogP contribution in [0.4, 0.5) is 0 Å². The van der Waals surface area contributed by atoms with E-state index in [9.17, 15) is 9.59 Å². The Hall–Kier alpha value is -2.04. The molecule has 1 aliphatic heterocycles. The lowest BCUT2D eigenvalue weighted by Crippen LogP contribution is -2.37. The van der Waals surface area contributed by atoms with E-state index < -0.39 is 0 Å². The van der Waals surface area contributed by atoms with Gasteiger partial charge in [-0.3, -0.25) is 9.59 Å². The fourth-order valence-corrected chi connectivity index (χ4v) is 2.34. The van der Waals surface area contributed by atoms with Crippen LogP contribution in [-0.2, 0) is 14.3 Å². The summed E-state index contributed by atoms with van der Waals surface area (Å²) in [5.74, 6) is 0.194. The highest BCUT2D eigenvalue weighted by atomic mass is 16.5. The van der Waals surface area contributed by atoms with Gasteiger partial charge in [0.05, 0.1) is 13.5 Å². The van der Waals surface area contributed by atoms with Crippen molar-refractivity contribution in [2.24, 2.45) is 0 Å². The van der Waals surface area contributed by atoms with Crippen molar-refractivity contribution in [2.75, 3.05) is 26.8 Å². The summed E-state index contributed by atoms with van der Waals surface area (Å²) in [5.41, 5.74) is 0.925. The molecule has 1 aliphatic rings. The number of benzene rings is 1. The van der Waals surface area contributed by atoms with Gasteiger partial charge in [0.15, 0.2) is 0 Å². The molecule has 1 unspecified atom stereocenters. The first-order valence-corrected chi connectivity index (χ1v) is 6.74. The average Bonchev–Trinajstić information content (AvgIpc) is 2.91. The lowest BCUT2D eigenvalue weighted by molar-refractivity contribution is -0.142. The predicted octanol–water partition coefficient (Wildman–Crippen LogP) is 1.57. The standard InChI is InChI=1S/C15H19NO4/c1-3-16(9-8-14(17)19-2)15(18)12-10-20-13-7-5-4-6-11(12)13/h4-7,12H,3,8-10H2,1-2H3. The molecule has 0 radical (unpaired) electrons. The molecule has 0 N–H and O–H groups in total. The van der Waals surface area contributed by atoms with E-state index in [2.05, 4.69) is 4.74 Å². The van der Waals surface area contributed by atoms with Gasteiger partial charge in [-0.25, -0.2) is 0 Å². The van der Waals surface area contributed by atoms with E-state index in [1.54, 1.807) is 4.90 Å². The third kappa shape index (κ3) is 2.92. The van der Waals surface area contributed by atoms with E-state index in [0.717, 1.165) is 11.3 Å². The van der Waals surface area contributed by atoms with E-state index >= 15 is 0 Å². The number of likely N-dealkylation sites (N-methyl/N-ethyl adjacent to an activating group) is 1. The molecule has 5 nitrogen and oxygen atoms in total. The van der Waals surface area contributed by atoms with Crippen LogP contribution in [-0.4, -0.2) is 43.6 Å². The lowest BCUT2D eigenvalue weighted by atomic mass is 10.00. The number of fused-ring (bicyclic) bond motifs is 1. The van der Waals surface area contributed by atoms with Gasteiger partial charge in [0.25, 0.3) is 0 Å². The summed E-state index contributed by atoms with van der Waals surface area (Å²) in [5, 5.41) is 0. The van der Waals surface area contributed by atoms with E-state index in [1.165, 1.54) is 7.11 Å². The second-order valence-corrected chi connectivity index (χ2v) is 4.65. The molecule has 20 heavy (non-hydrogen) atoms. The first-order valence-electron chi connectivity index (χ1n) is 6.74. The molecule has 0 aromatic heterocycles. The summed E-state index contributed by atoms with van der Waals surface area (Å²) in [4.78, 5) is 25.4. The van der Waals surface area contributed by atoms with Crippen molar-refractivity contribution in [2.45, 2.75) is 19.3 Å². The fourth-order valence-electron chi connectivity index (χ4n) is 2.34. The smallest absolute Gasteiger partial charge is 0.307 e. The highest BCUT2D eigenvalue weighted by molar-refractivity contribution is 5.86. The minimum Gasteiger partial charge on any atom is -0.492 e. The predicted molar refractivity (Wildman–Crippen MR) is 73.6 cm³/mol. The van der Waals surface area contributed by atoms with Gasteiger partial charge in [0.1, 0.15) is 18.3 Å². The Morgan fingerprint density at radius 1 is 1.40 bits per heavy atom. The van der Waals surface area contributed by atoms with Crippen LogP contribution in [0.2, 0.25) is 0 Å². The van der Waals surface area contributed by atoms with Crippen molar-refractivity contribution in [3.8, 4) is 5.75 Å². The maximum absolute atomic E-state index is 12.5. The quantitative estimate of drug-likeness (QED) is 0.767. The second-order valence-electron chi connectivity index (χ2n) is 4.65. The van der Waals surface area contributed by atoms with E-state index in [4.69, 9.17) is 4.74 Å². The number of rotatable bonds is 5. The van der Waals surface area contributed by atoms with Crippen molar-refractivity contribution in [3.63, 3.8) is 0 Å². The number of methoxy groups -OCH3 is 1. The topological polar surface area (TPSA) is 55.8 Å². The van der Waals surface area contributed by atoms with Crippen molar-refractivity contribution >= 4 is 11.9 Å². The summed E-state index contributed by atoms with van der Waals surface area (Å²) in [6, 6.07) is 7.57. The second kappa shape index (κ2) is 6.41. The first-order chi connectivity index (χ1) is 9.67. The van der Waals surface area contributed by atoms with Gasteiger partial charge >= 0.3 is 5.97 Å². The van der Waals surface area contributed by atoms with Crippen molar-refractivity contribution < 1.29 is 19.1 Å². The van der Waals surface area contributed by atoms with Gasteiger partial charge in [-0.1, -0.05) is 18.2 Å². The molecule has 0 fully saturated rings. The molecule has 0 aliphatic carbocycles. The molecule has 0 spiro atoms. The molecule has 1 heterocycles. The third-order valence-electron chi connectivity index (χ3n) is 3.50. The molecule has 0 saturated heterocycles. The van der Waals surface area contributed by atoms with Crippen LogP contribution < -0.4 is 4.74 Å². The van der Waals surface area contributed by atoms with E-state index in [-0.39, 0.29) is 24.2 Å². The van der Waals surface area contributed by atoms with Crippen LogP contribution in [0.5, 0.6) is 5.75 Å². The number of amides is 1. The van der Waals surface area contributed by atoms with Gasteiger partial charge in [-0.05, 0) is 13.0 Å². The van der Waals surface area contributed by atoms with Crippen LogP contribution in [0, 0.1) is 0 Å². The third-order valence-corrected chi connectivity index (χ3v) is 3.50. The number of esters is 1. The van der Waals surface area contributed by atoms with Gasteiger partial charge in [0.2, 0.25) is 5.91 Å². The SMILES string of the molecule is CCN(CCC(=O)OC)C(=O)C1COc2ccccc21. The van der Waals surface area contributed by atoms with Gasteiger partial charge in [-0.2, -0.15) is 0 Å². The minimum atomic E-state index is -0.306. The molecular weight excluding hydrogens is 258 g/mol. The molecule has 5 heteroatoms. The first kappa shape index (κ1) is 14.4. The van der Waals surface area contributed by atoms with Crippen LogP contribution in [0.3, 0.4) is 0 Å². The Kier molecular flexibility index (Phi) is 4.61. The van der Waals surface area contributed by atoms with Gasteiger partial charge in [0, 0.05) is 18.7 Å². The van der Waals surface area contributed by atoms with Crippen LogP contribution >= 0.6 is 0 Å². The Labute approximate surface area is 118 Å². The Bertz CT molecular complexity index is 500. The number of carbonyl (C=O) groups excluding carboxylic acids is 2. The summed E-state index contributed by atoms with van der Waals surface area (Å²) < 4.78 is 10.1. The maximum Gasteiger partial charge on any atom is 0.307 e. The molecule has 1 amide bonds. The Balaban J connectivity index is 2.04. The lowest BCUT2D eigenvalue weighted by Gasteiger charge is -2.23. The number of hydrogen-bond acceptors (Lipinski definition) is 4. The summed E-state index contributed by atoms with van der Waals surface area (Å²) in [6.07, 6.45) is 0.214. The number of ether oxygens (including phenoxy) is 2. The minimum absolute atomic E-state index is 0.00125. The Morgan fingerprint density at radius 2 is 2.15 bits per heavy atom. The molecule has 0 saturated carbocycles. The van der Waals surface area contributed by atoms with Crippen molar-refractivity contribution in [1.82, 2.24) is 4.90 Å². The molecule has 108 valence electrons. The molecule has 1 aromatic carbocycles. The van der Waals surface area contributed by atoms with Crippen molar-refractivity contribution in [3.05, 3.63) is 29.8 Å². The number of para-hydroxylation sites is 1. The fraction of sp³-hybridized carbons (Fsp3) is 0.467. The Morgan fingerprint density at radius 3 is 2.85 bits per heavy atom. The zero-order valence-electron chi connectivity index (χ0n) is 11.8. The zero-order valence-corrected chi connectivity index (χ0v) is 11.8. The average molecular weight is 277 g/mol. The van der Waals surface area contributed by atoms with Crippen LogP contribution in [0.15, 0.2) is 24.3 Å². The largest absolute Gasteiger partial charge is 0.492 e. The summed E-state index contributed by atoms with van der Waals surface area (Å²) in [6.45, 7) is 3.21. The van der Waals surface area contributed by atoms with Gasteiger partial charge in [-0.15, -0.1) is 0 Å². The normalized spacial score (nSPS) is 16.2. The van der Waals surface area contributed by atoms with Gasteiger partial charge < -0.3 is 14.4 Å². The molecule has 2 rings (SSSR count). The summed E-state index contributed by atoms with van der Waals surface area (Å²) in [7, 11) is 1.35. The molecule has 1 aromatic rings. The molecule has 0 bridgehead atoms.